The van der Waals surface area contributed by atoms with Crippen molar-refractivity contribution in [3.8, 4) is 17.2 Å². The minimum absolute atomic E-state index is 0.266. The fourth-order valence-corrected chi connectivity index (χ4v) is 2.29. The van der Waals surface area contributed by atoms with Gasteiger partial charge >= 0.3 is 19.0 Å². The average Bonchev–Trinajstić information content (AvgIpc) is 2.65. The van der Waals surface area contributed by atoms with Crippen molar-refractivity contribution in [3.63, 3.8) is 0 Å². The number of rotatable bonds is 7. The van der Waals surface area contributed by atoms with Crippen LogP contribution in [0.5, 0.6) is 17.2 Å². The van der Waals surface area contributed by atoms with Gasteiger partial charge in [-0.25, -0.2) is 0 Å². The number of hydrogen-bond acceptors (Lipinski definition) is 4. The van der Waals surface area contributed by atoms with Gasteiger partial charge in [0.1, 0.15) is 5.75 Å². The fourth-order valence-electron chi connectivity index (χ4n) is 2.29. The van der Waals surface area contributed by atoms with Crippen molar-refractivity contribution in [2.75, 3.05) is 19.0 Å². The van der Waals surface area contributed by atoms with Crippen LogP contribution in [0, 0.1) is 0 Å². The molecule has 0 radical (unpaired) electrons. The lowest BCUT2D eigenvalue weighted by molar-refractivity contribution is -0.153. The number of alkyl halides is 8. The molecule has 1 amide bonds. The highest BCUT2D eigenvalue weighted by molar-refractivity contribution is 6.05. The molecule has 0 aliphatic carbocycles. The second-order valence-electron chi connectivity index (χ2n) is 5.81. The van der Waals surface area contributed by atoms with E-state index in [1.54, 1.807) is 0 Å². The number of methoxy groups -OCH3 is 1. The Kier molecular flexibility index (Phi) is 7.18. The molecular weight excluding hydrogens is 446 g/mol. The SMILES string of the molecule is COc1cc(C(=O)Nc2cc(C(F)(F)F)ccc2OCC(F)(F)F)ccc1OC(F)F. The van der Waals surface area contributed by atoms with Crippen molar-refractivity contribution in [1.82, 2.24) is 0 Å². The van der Waals surface area contributed by atoms with Gasteiger partial charge in [-0.1, -0.05) is 0 Å². The Labute approximate surface area is 169 Å². The van der Waals surface area contributed by atoms with Gasteiger partial charge in [0.15, 0.2) is 18.1 Å². The van der Waals surface area contributed by atoms with E-state index in [0.29, 0.717) is 18.2 Å². The third-order valence-corrected chi connectivity index (χ3v) is 3.59. The Morgan fingerprint density at radius 3 is 2.16 bits per heavy atom. The topological polar surface area (TPSA) is 56.8 Å². The molecule has 2 aromatic carbocycles. The first kappa shape index (κ1) is 24.0. The number of hydrogen-bond donors (Lipinski definition) is 1. The first-order valence-electron chi connectivity index (χ1n) is 8.15. The number of halogens is 8. The molecule has 0 fully saturated rings. The molecule has 2 rings (SSSR count). The highest BCUT2D eigenvalue weighted by Gasteiger charge is 2.33. The van der Waals surface area contributed by atoms with Crippen molar-refractivity contribution in [2.45, 2.75) is 19.0 Å². The zero-order chi connectivity index (χ0) is 23.4. The highest BCUT2D eigenvalue weighted by Crippen LogP contribution is 2.36. The summed E-state index contributed by atoms with van der Waals surface area (Å²) in [7, 11) is 1.09. The van der Waals surface area contributed by atoms with Crippen LogP contribution in [-0.2, 0) is 6.18 Å². The third kappa shape index (κ3) is 6.89. The summed E-state index contributed by atoms with van der Waals surface area (Å²) in [5.74, 6) is -2.44. The number of ether oxygens (including phenoxy) is 3. The van der Waals surface area contributed by atoms with E-state index in [0.717, 1.165) is 25.3 Å². The molecule has 5 nitrogen and oxygen atoms in total. The molecule has 0 saturated heterocycles. The standard InChI is InChI=1S/C18H13F8NO4/c1-29-14-6-9(2-4-13(14)31-16(19)20)15(28)27-11-7-10(18(24,25)26)3-5-12(11)30-8-17(21,22)23/h2-7,16H,8H2,1H3,(H,27,28). The van der Waals surface area contributed by atoms with Crippen LogP contribution >= 0.6 is 0 Å². The molecule has 0 aliphatic heterocycles. The van der Waals surface area contributed by atoms with Crippen molar-refractivity contribution < 1.29 is 54.1 Å². The van der Waals surface area contributed by atoms with E-state index < -0.39 is 54.2 Å². The summed E-state index contributed by atoms with van der Waals surface area (Å²) >= 11 is 0. The Morgan fingerprint density at radius 2 is 1.61 bits per heavy atom. The lowest BCUT2D eigenvalue weighted by Crippen LogP contribution is -2.21. The monoisotopic (exact) mass is 459 g/mol. The van der Waals surface area contributed by atoms with E-state index in [9.17, 15) is 39.9 Å². The molecule has 2 aromatic rings. The first-order valence-corrected chi connectivity index (χ1v) is 8.15. The minimum atomic E-state index is -4.85. The summed E-state index contributed by atoms with van der Waals surface area (Å²) in [6.45, 7) is -5.00. The van der Waals surface area contributed by atoms with E-state index >= 15 is 0 Å². The van der Waals surface area contributed by atoms with Gasteiger partial charge in [0, 0.05) is 5.56 Å². The molecular formula is C18H13F8NO4. The largest absolute Gasteiger partial charge is 0.493 e. The molecule has 13 heteroatoms. The zero-order valence-electron chi connectivity index (χ0n) is 15.4. The van der Waals surface area contributed by atoms with Gasteiger partial charge in [-0.3, -0.25) is 4.79 Å². The second-order valence-corrected chi connectivity index (χ2v) is 5.81. The lowest BCUT2D eigenvalue weighted by Gasteiger charge is -2.17. The van der Waals surface area contributed by atoms with Crippen LogP contribution in [0.25, 0.3) is 0 Å². The number of nitrogens with one attached hydrogen (secondary N) is 1. The van der Waals surface area contributed by atoms with Gasteiger partial charge in [0.2, 0.25) is 0 Å². The summed E-state index contributed by atoms with van der Waals surface area (Å²) in [5, 5.41) is 2.01. The van der Waals surface area contributed by atoms with E-state index in [1.165, 1.54) is 0 Å². The third-order valence-electron chi connectivity index (χ3n) is 3.59. The van der Waals surface area contributed by atoms with Crippen LogP contribution in [0.3, 0.4) is 0 Å². The number of benzene rings is 2. The van der Waals surface area contributed by atoms with Gasteiger partial charge < -0.3 is 19.5 Å². The van der Waals surface area contributed by atoms with Crippen LogP contribution in [0.1, 0.15) is 15.9 Å². The molecule has 0 heterocycles. The molecule has 1 N–H and O–H groups in total. The van der Waals surface area contributed by atoms with Crippen LogP contribution in [0.4, 0.5) is 40.8 Å². The Balaban J connectivity index is 2.35. The molecule has 0 unspecified atom stereocenters. The maximum Gasteiger partial charge on any atom is 0.422 e. The smallest absolute Gasteiger partial charge is 0.422 e. The number of amides is 1. The van der Waals surface area contributed by atoms with Gasteiger partial charge in [-0.05, 0) is 36.4 Å². The summed E-state index contributed by atoms with van der Waals surface area (Å²) in [5.41, 5.74) is -2.20. The molecule has 0 spiro atoms. The molecule has 0 aliphatic rings. The van der Waals surface area contributed by atoms with Crippen LogP contribution in [0.15, 0.2) is 36.4 Å². The molecule has 170 valence electrons. The Bertz CT molecular complexity index is 928. The predicted molar refractivity (Wildman–Crippen MR) is 90.6 cm³/mol. The van der Waals surface area contributed by atoms with Crippen molar-refractivity contribution in [1.29, 1.82) is 0 Å². The maximum absolute atomic E-state index is 13.0. The molecule has 0 saturated carbocycles. The number of carbonyl (C=O) groups is 1. The fraction of sp³-hybridized carbons (Fsp3) is 0.278. The van der Waals surface area contributed by atoms with Crippen molar-refractivity contribution >= 4 is 11.6 Å². The summed E-state index contributed by atoms with van der Waals surface area (Å²) in [6.07, 6.45) is -9.63. The second kappa shape index (κ2) is 9.27. The van der Waals surface area contributed by atoms with E-state index in [2.05, 4.69) is 9.47 Å². The van der Waals surface area contributed by atoms with Gasteiger partial charge in [-0.2, -0.15) is 35.1 Å². The molecule has 0 atom stereocenters. The summed E-state index contributed by atoms with van der Waals surface area (Å²) in [6, 6.07) is 4.42. The molecule has 31 heavy (non-hydrogen) atoms. The first-order chi connectivity index (χ1) is 14.3. The van der Waals surface area contributed by atoms with Crippen molar-refractivity contribution in [3.05, 3.63) is 47.5 Å². The highest BCUT2D eigenvalue weighted by atomic mass is 19.4. The zero-order valence-corrected chi connectivity index (χ0v) is 15.4. The Morgan fingerprint density at radius 1 is 0.968 bits per heavy atom. The van der Waals surface area contributed by atoms with E-state index in [1.807, 2.05) is 5.32 Å². The normalized spacial score (nSPS) is 11.9. The van der Waals surface area contributed by atoms with Crippen LogP contribution in [-0.4, -0.2) is 32.4 Å². The van der Waals surface area contributed by atoms with E-state index in [-0.39, 0.29) is 11.3 Å². The summed E-state index contributed by atoms with van der Waals surface area (Å²) < 4.78 is 114. The molecule has 0 bridgehead atoms. The van der Waals surface area contributed by atoms with E-state index in [4.69, 9.17) is 4.74 Å². The van der Waals surface area contributed by atoms with Gasteiger partial charge in [-0.15, -0.1) is 0 Å². The van der Waals surface area contributed by atoms with Crippen LogP contribution in [0.2, 0.25) is 0 Å². The number of anilines is 1. The molecule has 0 aromatic heterocycles. The van der Waals surface area contributed by atoms with Crippen LogP contribution < -0.4 is 19.5 Å². The predicted octanol–water partition coefficient (Wildman–Crippen LogP) is 5.51. The Hall–Kier alpha value is -3.25. The minimum Gasteiger partial charge on any atom is -0.493 e. The average molecular weight is 459 g/mol. The maximum atomic E-state index is 13.0. The summed E-state index contributed by atoms with van der Waals surface area (Å²) in [4.78, 5) is 12.4. The van der Waals surface area contributed by atoms with Gasteiger partial charge in [0.25, 0.3) is 5.91 Å². The lowest BCUT2D eigenvalue weighted by atomic mass is 10.1. The quantitative estimate of drug-likeness (QED) is 0.555. The van der Waals surface area contributed by atoms with Crippen molar-refractivity contribution in [2.24, 2.45) is 0 Å². The van der Waals surface area contributed by atoms with Gasteiger partial charge in [0.05, 0.1) is 18.4 Å². The number of carbonyl (C=O) groups excluding carboxylic acids is 1.